The third-order valence-electron chi connectivity index (χ3n) is 3.19. The molecular formula is C14H23N3O4. The maximum Gasteiger partial charge on any atom is 0.223 e. The van der Waals surface area contributed by atoms with Gasteiger partial charge >= 0.3 is 0 Å². The zero-order valence-corrected chi connectivity index (χ0v) is 12.7. The van der Waals surface area contributed by atoms with E-state index < -0.39 is 5.60 Å². The summed E-state index contributed by atoms with van der Waals surface area (Å²) < 4.78 is 13.0. The van der Waals surface area contributed by atoms with Gasteiger partial charge in [0.25, 0.3) is 0 Å². The summed E-state index contributed by atoms with van der Waals surface area (Å²) in [5.74, 6) is 0.449. The Morgan fingerprint density at radius 1 is 1.62 bits per heavy atom. The van der Waals surface area contributed by atoms with Gasteiger partial charge in [-0.1, -0.05) is 0 Å². The summed E-state index contributed by atoms with van der Waals surface area (Å²) in [6, 6.07) is -0.218. The lowest BCUT2D eigenvalue weighted by molar-refractivity contribution is -0.126. The highest BCUT2D eigenvalue weighted by Crippen LogP contribution is 2.17. The van der Waals surface area contributed by atoms with Crippen LogP contribution in [0.3, 0.4) is 0 Å². The van der Waals surface area contributed by atoms with E-state index in [4.69, 9.17) is 9.47 Å². The molecule has 7 nitrogen and oxygen atoms in total. The van der Waals surface area contributed by atoms with E-state index in [-0.39, 0.29) is 24.5 Å². The third-order valence-corrected chi connectivity index (χ3v) is 3.19. The van der Waals surface area contributed by atoms with E-state index in [9.17, 15) is 9.90 Å². The van der Waals surface area contributed by atoms with Crippen molar-refractivity contribution in [1.82, 2.24) is 15.1 Å². The molecule has 1 amide bonds. The normalized spacial score (nSPS) is 22.3. The lowest BCUT2D eigenvalue weighted by Gasteiger charge is -2.22. The van der Waals surface area contributed by atoms with Crippen LogP contribution in [0.5, 0.6) is 5.75 Å². The summed E-state index contributed by atoms with van der Waals surface area (Å²) in [6.45, 7) is 6.80. The van der Waals surface area contributed by atoms with Crippen LogP contribution in [-0.4, -0.2) is 51.8 Å². The Balaban J connectivity index is 1.89. The van der Waals surface area contributed by atoms with Crippen LogP contribution in [0.4, 0.5) is 0 Å². The van der Waals surface area contributed by atoms with Gasteiger partial charge in [0, 0.05) is 6.54 Å². The number of nitrogens with zero attached hydrogens (tertiary/aromatic N) is 2. The van der Waals surface area contributed by atoms with E-state index in [2.05, 4.69) is 10.4 Å². The minimum atomic E-state index is -1.03. The minimum Gasteiger partial charge on any atom is -0.482 e. The standard InChI is InChI=1S/C14H23N3O4/c1-4-17-7-10(6-15-17)21-12-9-20-8-11(12)16-13(18)5-14(2,3)19/h6-7,11-12,19H,4-5,8-9H2,1-3H3,(H,16,18)/t11-,12+/m0/s1. The quantitative estimate of drug-likeness (QED) is 0.790. The number of carbonyl (C=O) groups is 1. The Labute approximate surface area is 124 Å². The van der Waals surface area contributed by atoms with Gasteiger partial charge < -0.3 is 19.9 Å². The highest BCUT2D eigenvalue weighted by atomic mass is 16.5. The molecule has 1 fully saturated rings. The summed E-state index contributed by atoms with van der Waals surface area (Å²) in [4.78, 5) is 11.9. The number of amides is 1. The Kier molecular flexibility index (Phi) is 4.84. The molecule has 1 aliphatic rings. The summed E-state index contributed by atoms with van der Waals surface area (Å²) in [5.41, 5.74) is -1.03. The molecule has 1 aromatic rings. The molecule has 0 unspecified atom stereocenters. The molecule has 0 spiro atoms. The predicted molar refractivity (Wildman–Crippen MR) is 76.0 cm³/mol. The topological polar surface area (TPSA) is 85.6 Å². The summed E-state index contributed by atoms with van der Waals surface area (Å²) >= 11 is 0. The fourth-order valence-electron chi connectivity index (χ4n) is 2.19. The van der Waals surface area contributed by atoms with Gasteiger partial charge in [0.1, 0.15) is 6.10 Å². The molecule has 1 aromatic heterocycles. The van der Waals surface area contributed by atoms with Gasteiger partial charge in [-0.15, -0.1) is 0 Å². The highest BCUT2D eigenvalue weighted by molar-refractivity contribution is 5.77. The average molecular weight is 297 g/mol. The lowest BCUT2D eigenvalue weighted by atomic mass is 10.0. The van der Waals surface area contributed by atoms with Gasteiger partial charge in [0.2, 0.25) is 5.91 Å². The van der Waals surface area contributed by atoms with Crippen molar-refractivity contribution < 1.29 is 19.4 Å². The fraction of sp³-hybridized carbons (Fsp3) is 0.714. The van der Waals surface area contributed by atoms with Gasteiger partial charge in [-0.2, -0.15) is 5.10 Å². The smallest absolute Gasteiger partial charge is 0.223 e. The monoisotopic (exact) mass is 297 g/mol. The molecule has 118 valence electrons. The first kappa shape index (κ1) is 15.8. The number of carbonyl (C=O) groups excluding carboxylic acids is 1. The number of hydrogen-bond donors (Lipinski definition) is 2. The summed E-state index contributed by atoms with van der Waals surface area (Å²) in [7, 11) is 0. The highest BCUT2D eigenvalue weighted by Gasteiger charge is 2.32. The predicted octanol–water partition coefficient (Wildman–Crippen LogP) is 0.326. The van der Waals surface area contributed by atoms with Gasteiger partial charge in [-0.25, -0.2) is 0 Å². The van der Waals surface area contributed by atoms with Crippen molar-refractivity contribution in [2.45, 2.75) is 51.5 Å². The maximum absolute atomic E-state index is 11.9. The molecule has 1 aliphatic heterocycles. The fourth-order valence-corrected chi connectivity index (χ4v) is 2.19. The Morgan fingerprint density at radius 2 is 2.38 bits per heavy atom. The third kappa shape index (κ3) is 4.71. The van der Waals surface area contributed by atoms with Crippen LogP contribution >= 0.6 is 0 Å². The van der Waals surface area contributed by atoms with Crippen molar-refractivity contribution in [3.05, 3.63) is 12.4 Å². The van der Waals surface area contributed by atoms with Crippen molar-refractivity contribution >= 4 is 5.91 Å². The number of hydrogen-bond acceptors (Lipinski definition) is 5. The van der Waals surface area contributed by atoms with Crippen LogP contribution in [0, 0.1) is 0 Å². The van der Waals surface area contributed by atoms with E-state index in [1.165, 1.54) is 0 Å². The van der Waals surface area contributed by atoms with Crippen LogP contribution in [0.15, 0.2) is 12.4 Å². The van der Waals surface area contributed by atoms with E-state index >= 15 is 0 Å². The molecule has 0 aliphatic carbocycles. The summed E-state index contributed by atoms with van der Waals surface area (Å²) in [5, 5.41) is 16.7. The molecule has 0 bridgehead atoms. The Bertz CT molecular complexity index is 481. The Hall–Kier alpha value is -1.60. The molecule has 2 N–H and O–H groups in total. The van der Waals surface area contributed by atoms with Gasteiger partial charge in [0.05, 0.1) is 43.7 Å². The van der Waals surface area contributed by atoms with Gasteiger partial charge in [0.15, 0.2) is 5.75 Å². The molecule has 0 radical (unpaired) electrons. The van der Waals surface area contributed by atoms with Crippen molar-refractivity contribution in [2.75, 3.05) is 13.2 Å². The van der Waals surface area contributed by atoms with Gasteiger partial charge in [-0.05, 0) is 20.8 Å². The van der Waals surface area contributed by atoms with Crippen LogP contribution in [0.25, 0.3) is 0 Å². The average Bonchev–Trinajstić information content (AvgIpc) is 2.97. The SMILES string of the molecule is CCn1cc(O[C@@H]2COC[C@@H]2NC(=O)CC(C)(C)O)cn1. The molecule has 0 aromatic carbocycles. The number of aliphatic hydroxyl groups is 1. The molecule has 0 saturated carbocycles. The molecule has 2 heterocycles. The lowest BCUT2D eigenvalue weighted by Crippen LogP contribution is -2.46. The number of ether oxygens (including phenoxy) is 2. The number of rotatable bonds is 6. The number of nitrogens with one attached hydrogen (secondary N) is 1. The molecular weight excluding hydrogens is 274 g/mol. The van der Waals surface area contributed by atoms with Crippen molar-refractivity contribution in [3.63, 3.8) is 0 Å². The van der Waals surface area contributed by atoms with Crippen molar-refractivity contribution in [1.29, 1.82) is 0 Å². The minimum absolute atomic E-state index is 0.0456. The maximum atomic E-state index is 11.9. The van der Waals surface area contributed by atoms with Crippen molar-refractivity contribution in [2.24, 2.45) is 0 Å². The number of aromatic nitrogens is 2. The van der Waals surface area contributed by atoms with E-state index in [0.717, 1.165) is 6.54 Å². The molecule has 21 heavy (non-hydrogen) atoms. The zero-order chi connectivity index (χ0) is 15.5. The second kappa shape index (κ2) is 6.44. The van der Waals surface area contributed by atoms with Crippen LogP contribution in [0.2, 0.25) is 0 Å². The van der Waals surface area contributed by atoms with Crippen molar-refractivity contribution in [3.8, 4) is 5.75 Å². The number of aryl methyl sites for hydroxylation is 1. The van der Waals surface area contributed by atoms with Crippen LogP contribution in [-0.2, 0) is 16.1 Å². The second-order valence-corrected chi connectivity index (χ2v) is 5.89. The van der Waals surface area contributed by atoms with Crippen LogP contribution < -0.4 is 10.1 Å². The summed E-state index contributed by atoms with van der Waals surface area (Å²) in [6.07, 6.45) is 3.26. The van der Waals surface area contributed by atoms with Gasteiger partial charge in [-0.3, -0.25) is 9.48 Å². The molecule has 1 saturated heterocycles. The molecule has 7 heteroatoms. The second-order valence-electron chi connectivity index (χ2n) is 5.89. The van der Waals surface area contributed by atoms with E-state index in [0.29, 0.717) is 19.0 Å². The largest absolute Gasteiger partial charge is 0.482 e. The first-order chi connectivity index (χ1) is 9.87. The molecule has 2 rings (SSSR count). The van der Waals surface area contributed by atoms with E-state index in [1.807, 2.05) is 13.1 Å². The van der Waals surface area contributed by atoms with E-state index in [1.54, 1.807) is 24.7 Å². The molecule has 2 atom stereocenters. The Morgan fingerprint density at radius 3 is 3.00 bits per heavy atom. The zero-order valence-electron chi connectivity index (χ0n) is 12.7. The van der Waals surface area contributed by atoms with Crippen LogP contribution in [0.1, 0.15) is 27.2 Å². The first-order valence-corrected chi connectivity index (χ1v) is 7.16. The first-order valence-electron chi connectivity index (χ1n) is 7.16.